The molecule has 2 N–H and O–H groups in total. The maximum Gasteiger partial charge on any atom is 0 e. The molecule has 0 spiro atoms. The number of hydrogen-bond donors (Lipinski definition) is 2. The van der Waals surface area contributed by atoms with Crippen LogP contribution in [0.15, 0.2) is 48.5 Å². The average Bonchev–Trinajstić information content (AvgIpc) is 2.93. The molecular weight excluding hydrogens is 256 g/mol. The minimum absolute atomic E-state index is 0. The maximum absolute atomic E-state index is 6.00. The van der Waals surface area contributed by atoms with Crippen LogP contribution in [0.3, 0.4) is 0 Å². The van der Waals surface area contributed by atoms with Crippen molar-refractivity contribution in [3.8, 4) is 0 Å². The zero-order valence-electron chi connectivity index (χ0n) is 10.4. The fourth-order valence-corrected chi connectivity index (χ4v) is 1.49. The van der Waals surface area contributed by atoms with Gasteiger partial charge in [0.25, 0.3) is 0 Å². The summed E-state index contributed by atoms with van der Waals surface area (Å²) < 4.78 is 0. The Morgan fingerprint density at radius 1 is 1.06 bits per heavy atom. The Bertz CT molecular complexity index is 320. The van der Waals surface area contributed by atoms with E-state index in [4.69, 9.17) is 10.5 Å². The van der Waals surface area contributed by atoms with Crippen molar-refractivity contribution in [3.63, 3.8) is 0 Å². The van der Waals surface area contributed by atoms with E-state index in [0.717, 1.165) is 0 Å². The predicted molar refractivity (Wildman–Crippen MR) is 68.2 cm³/mol. The van der Waals surface area contributed by atoms with E-state index in [-0.39, 0.29) is 17.1 Å². The van der Waals surface area contributed by atoms with Crippen LogP contribution in [0.5, 0.6) is 0 Å². The molecule has 2 nitrogen and oxygen atoms in total. The summed E-state index contributed by atoms with van der Waals surface area (Å²) in [4.78, 5) is 0. The third-order valence-electron chi connectivity index (χ3n) is 2.25. The molecule has 2 aromatic carbocycles. The Morgan fingerprint density at radius 3 is 1.65 bits per heavy atom. The second kappa shape index (κ2) is 11.6. The van der Waals surface area contributed by atoms with Crippen LogP contribution in [0, 0.1) is 6.92 Å². The molecule has 0 aliphatic rings. The minimum atomic E-state index is 0. The summed E-state index contributed by atoms with van der Waals surface area (Å²) >= 11 is 0. The number of rotatable bonds is 1. The van der Waals surface area contributed by atoms with Gasteiger partial charge in [-0.05, 0) is 0 Å². The normalized spacial score (nSPS) is 8.35. The van der Waals surface area contributed by atoms with E-state index < -0.39 is 0 Å². The molecule has 102 valence electrons. The van der Waals surface area contributed by atoms with Crippen LogP contribution in [0.1, 0.15) is 30.9 Å². The minimum Gasteiger partial charge on any atom is -0.748 e. The molecule has 0 atom stereocenters. The van der Waals surface area contributed by atoms with Gasteiger partial charge in [-0.3, -0.25) is 10.5 Å². The van der Waals surface area contributed by atoms with Gasteiger partial charge in [-0.1, -0.05) is 26.7 Å². The van der Waals surface area contributed by atoms with E-state index in [0.29, 0.717) is 5.92 Å². The SMILES string of the molecule is Cc1ccc[c-]1C(C)C.OO.[Fe].[cH-]1[cH-][cH-][cH-][cH-]1. The molecule has 0 fully saturated rings. The van der Waals surface area contributed by atoms with Crippen molar-refractivity contribution >= 4 is 0 Å². The molecule has 0 aromatic heterocycles. The van der Waals surface area contributed by atoms with E-state index in [2.05, 4.69) is 39.0 Å². The Hall–Kier alpha value is -0.861. The summed E-state index contributed by atoms with van der Waals surface area (Å²) in [5.74, 6) is 0.681. The van der Waals surface area contributed by atoms with Gasteiger partial charge in [-0.25, -0.2) is 12.1 Å². The van der Waals surface area contributed by atoms with E-state index in [9.17, 15) is 0 Å². The van der Waals surface area contributed by atoms with Crippen molar-refractivity contribution in [2.24, 2.45) is 0 Å². The van der Waals surface area contributed by atoms with Crippen molar-refractivity contribution in [3.05, 3.63) is 59.7 Å². The molecule has 2 aromatic rings. The molecule has 0 unspecified atom stereocenters. The second-order valence-corrected chi connectivity index (χ2v) is 3.78. The largest absolute Gasteiger partial charge is 0.748 e. The number of aryl methyl sites for hydroxylation is 1. The Balaban J connectivity index is 0. The van der Waals surface area contributed by atoms with Crippen molar-refractivity contribution in [1.82, 2.24) is 0 Å². The molecular formula is C14H20FeO2-6. The van der Waals surface area contributed by atoms with Crippen molar-refractivity contribution in [1.29, 1.82) is 0 Å². The van der Waals surface area contributed by atoms with Crippen molar-refractivity contribution in [2.75, 3.05) is 0 Å². The molecule has 0 amide bonds. The Labute approximate surface area is 114 Å². The third-order valence-corrected chi connectivity index (χ3v) is 2.25. The monoisotopic (exact) mass is 276 g/mol. The third kappa shape index (κ3) is 7.94. The van der Waals surface area contributed by atoms with Gasteiger partial charge in [0.2, 0.25) is 0 Å². The van der Waals surface area contributed by atoms with Crippen LogP contribution in [-0.4, -0.2) is 10.5 Å². The van der Waals surface area contributed by atoms with Gasteiger partial charge >= 0.3 is 0 Å². The summed E-state index contributed by atoms with van der Waals surface area (Å²) in [5.41, 5.74) is 2.90. The van der Waals surface area contributed by atoms with Crippen LogP contribution < -0.4 is 0 Å². The molecule has 0 saturated heterocycles. The predicted octanol–water partition coefficient (Wildman–Crippen LogP) is 4.26. The van der Waals surface area contributed by atoms with Crippen LogP contribution >= 0.6 is 0 Å². The van der Waals surface area contributed by atoms with Gasteiger partial charge in [0.05, 0.1) is 0 Å². The van der Waals surface area contributed by atoms with Crippen LogP contribution in [0.4, 0.5) is 0 Å². The van der Waals surface area contributed by atoms with Gasteiger partial charge < -0.3 is 30.3 Å². The molecule has 0 aliphatic carbocycles. The molecule has 0 radical (unpaired) electrons. The molecule has 0 bridgehead atoms. The fraction of sp³-hybridized carbons (Fsp3) is 0.286. The zero-order chi connectivity index (χ0) is 12.4. The van der Waals surface area contributed by atoms with E-state index in [1.54, 1.807) is 0 Å². The van der Waals surface area contributed by atoms with Gasteiger partial charge in [-0.2, -0.15) is 17.2 Å². The topological polar surface area (TPSA) is 40.5 Å². The quantitative estimate of drug-likeness (QED) is 0.353. The standard InChI is InChI=1S/C9H13.C5H5.Fe.H2O2/c1-7(2)9-6-4-5-8(9)3;1-2-4-5-3-1;;1-2/h4-7H,1-3H3;1-5H;;1-2H/q-1;-5;;. The van der Waals surface area contributed by atoms with Gasteiger partial charge in [0.15, 0.2) is 0 Å². The Morgan fingerprint density at radius 2 is 1.47 bits per heavy atom. The zero-order valence-corrected chi connectivity index (χ0v) is 11.5. The van der Waals surface area contributed by atoms with Gasteiger partial charge in [0, 0.05) is 17.1 Å². The summed E-state index contributed by atoms with van der Waals surface area (Å²) in [7, 11) is 0. The first-order valence-corrected chi connectivity index (χ1v) is 5.30. The smallest absolute Gasteiger partial charge is 0 e. The molecule has 0 saturated carbocycles. The van der Waals surface area contributed by atoms with E-state index in [1.165, 1.54) is 11.1 Å². The first kappa shape index (κ1) is 18.5. The summed E-state index contributed by atoms with van der Waals surface area (Å²) in [6.07, 6.45) is 0. The van der Waals surface area contributed by atoms with E-state index >= 15 is 0 Å². The number of hydrogen-bond acceptors (Lipinski definition) is 2. The first-order valence-electron chi connectivity index (χ1n) is 5.30. The summed E-state index contributed by atoms with van der Waals surface area (Å²) in [5, 5.41) is 12.0. The first-order chi connectivity index (χ1) is 7.72. The van der Waals surface area contributed by atoms with Crippen LogP contribution in [0.2, 0.25) is 0 Å². The van der Waals surface area contributed by atoms with E-state index in [1.807, 2.05) is 30.3 Å². The molecule has 0 heterocycles. The van der Waals surface area contributed by atoms with Crippen molar-refractivity contribution in [2.45, 2.75) is 26.7 Å². The summed E-state index contributed by atoms with van der Waals surface area (Å²) in [6.45, 7) is 6.61. The summed E-state index contributed by atoms with van der Waals surface area (Å²) in [6, 6.07) is 16.5. The van der Waals surface area contributed by atoms with Crippen LogP contribution in [-0.2, 0) is 17.1 Å². The molecule has 0 aliphatic heterocycles. The van der Waals surface area contributed by atoms with Crippen LogP contribution in [0.25, 0.3) is 0 Å². The van der Waals surface area contributed by atoms with Gasteiger partial charge in [0.1, 0.15) is 0 Å². The molecule has 17 heavy (non-hydrogen) atoms. The fourth-order valence-electron chi connectivity index (χ4n) is 1.49. The maximum atomic E-state index is 6.00. The van der Waals surface area contributed by atoms with Crippen molar-refractivity contribution < 1.29 is 27.6 Å². The molecule has 3 heteroatoms. The average molecular weight is 276 g/mol. The molecule has 2 rings (SSSR count). The van der Waals surface area contributed by atoms with Gasteiger partial charge in [-0.15, -0.1) is 0 Å². The Kier molecular flexibility index (Phi) is 12.6. The second-order valence-electron chi connectivity index (χ2n) is 3.78.